The molecule has 29 heavy (non-hydrogen) atoms. The molecule has 0 unspecified atom stereocenters. The number of thiocarbonyl (C=S) groups is 1. The highest BCUT2D eigenvalue weighted by Crippen LogP contribution is 2.24. The van der Waals surface area contributed by atoms with Gasteiger partial charge in [-0.1, -0.05) is 35.3 Å². The average Bonchev–Trinajstić information content (AvgIpc) is 3.19. The topological polar surface area (TPSA) is 58.5 Å². The Morgan fingerprint density at radius 3 is 2.72 bits per heavy atom. The van der Waals surface area contributed by atoms with Crippen molar-refractivity contribution in [1.82, 2.24) is 25.2 Å². The summed E-state index contributed by atoms with van der Waals surface area (Å²) >= 11 is 17.7. The van der Waals surface area contributed by atoms with E-state index >= 15 is 0 Å². The fraction of sp³-hybridized carbons (Fsp3) is 0.500. The SMILES string of the molecule is CCCNC(=S)N(CCN1CCOCC1)c1cn(-c2ccc(Cl)c(Cl)c2)nn1.Cl. The molecule has 0 radical (unpaired) electrons. The zero-order chi connectivity index (χ0) is 19.9. The molecule has 0 spiro atoms. The number of ether oxygens (including phenoxy) is 1. The number of morpholine rings is 1. The predicted octanol–water partition coefficient (Wildman–Crippen LogP) is 3.42. The van der Waals surface area contributed by atoms with Gasteiger partial charge in [0.2, 0.25) is 0 Å². The Morgan fingerprint density at radius 1 is 1.28 bits per heavy atom. The first kappa shape index (κ1) is 24.1. The largest absolute Gasteiger partial charge is 0.379 e. The minimum absolute atomic E-state index is 0. The number of hydrogen-bond donors (Lipinski definition) is 1. The maximum atomic E-state index is 6.13. The number of halogens is 3. The van der Waals surface area contributed by atoms with Gasteiger partial charge in [0, 0.05) is 32.7 Å². The van der Waals surface area contributed by atoms with Gasteiger partial charge in [-0.25, -0.2) is 4.68 Å². The molecular formula is C18H25Cl3N6OS. The summed E-state index contributed by atoms with van der Waals surface area (Å²) in [7, 11) is 0. The van der Waals surface area contributed by atoms with Crippen molar-refractivity contribution in [3.05, 3.63) is 34.4 Å². The Bertz CT molecular complexity index is 800. The molecule has 1 saturated heterocycles. The van der Waals surface area contributed by atoms with E-state index in [9.17, 15) is 0 Å². The molecule has 11 heteroatoms. The Balaban J connectivity index is 0.00000300. The third-order valence-electron chi connectivity index (χ3n) is 4.44. The zero-order valence-corrected chi connectivity index (χ0v) is 19.3. The van der Waals surface area contributed by atoms with E-state index in [1.54, 1.807) is 16.8 Å². The lowest BCUT2D eigenvalue weighted by Gasteiger charge is -2.30. The van der Waals surface area contributed by atoms with Crippen molar-refractivity contribution in [3.8, 4) is 5.69 Å². The molecular weight excluding hydrogens is 455 g/mol. The molecule has 0 aliphatic carbocycles. The second-order valence-corrected chi connectivity index (χ2v) is 7.66. The van der Waals surface area contributed by atoms with Gasteiger partial charge in [0.15, 0.2) is 10.9 Å². The minimum Gasteiger partial charge on any atom is -0.379 e. The number of nitrogens with zero attached hydrogens (tertiary/aromatic N) is 5. The Labute approximate surface area is 192 Å². The van der Waals surface area contributed by atoms with Crippen LogP contribution in [0.15, 0.2) is 24.4 Å². The first-order valence-corrected chi connectivity index (χ1v) is 10.5. The molecule has 3 rings (SSSR count). The van der Waals surface area contributed by atoms with Crippen molar-refractivity contribution in [2.24, 2.45) is 0 Å². The highest BCUT2D eigenvalue weighted by molar-refractivity contribution is 7.80. The minimum atomic E-state index is 0. The van der Waals surface area contributed by atoms with E-state index in [0.717, 1.165) is 58.0 Å². The summed E-state index contributed by atoms with van der Waals surface area (Å²) < 4.78 is 7.09. The van der Waals surface area contributed by atoms with Gasteiger partial charge in [-0.15, -0.1) is 17.5 Å². The van der Waals surface area contributed by atoms with Crippen LogP contribution in [-0.4, -0.2) is 70.9 Å². The zero-order valence-electron chi connectivity index (χ0n) is 16.2. The van der Waals surface area contributed by atoms with Gasteiger partial charge in [0.05, 0.1) is 35.1 Å². The standard InChI is InChI=1S/C18H24Cl2N6OS.ClH/c1-2-5-21-18(28)25(7-6-24-8-10-27-11-9-24)17-13-26(23-22-17)14-3-4-15(19)16(20)12-14;/h3-4,12-13H,2,5-11H2,1H3,(H,21,28);1H. The lowest BCUT2D eigenvalue weighted by molar-refractivity contribution is 0.0394. The van der Waals surface area contributed by atoms with Crippen LogP contribution in [0.1, 0.15) is 13.3 Å². The average molecular weight is 480 g/mol. The summed E-state index contributed by atoms with van der Waals surface area (Å²) in [4.78, 5) is 4.35. The highest BCUT2D eigenvalue weighted by Gasteiger charge is 2.19. The van der Waals surface area contributed by atoms with Crippen LogP contribution in [-0.2, 0) is 4.74 Å². The lowest BCUT2D eigenvalue weighted by atomic mass is 10.3. The summed E-state index contributed by atoms with van der Waals surface area (Å²) in [5.74, 6) is 0.688. The molecule has 0 atom stereocenters. The smallest absolute Gasteiger partial charge is 0.177 e. The molecule has 2 heterocycles. The van der Waals surface area contributed by atoms with Crippen molar-refractivity contribution >= 4 is 58.8 Å². The number of anilines is 1. The molecule has 1 aliphatic rings. The fourth-order valence-corrected chi connectivity index (χ4v) is 3.43. The van der Waals surface area contributed by atoms with Crippen LogP contribution in [0.5, 0.6) is 0 Å². The second-order valence-electron chi connectivity index (χ2n) is 6.46. The van der Waals surface area contributed by atoms with Crippen molar-refractivity contribution in [2.45, 2.75) is 13.3 Å². The number of hydrogen-bond acceptors (Lipinski definition) is 5. The van der Waals surface area contributed by atoms with Crippen molar-refractivity contribution in [2.75, 3.05) is 50.8 Å². The molecule has 0 amide bonds. The Hall–Kier alpha value is -1.16. The first-order valence-electron chi connectivity index (χ1n) is 9.31. The van der Waals surface area contributed by atoms with Crippen LogP contribution in [0.3, 0.4) is 0 Å². The van der Waals surface area contributed by atoms with Crippen LogP contribution >= 0.6 is 47.8 Å². The molecule has 0 saturated carbocycles. The summed E-state index contributed by atoms with van der Waals surface area (Å²) in [6.45, 7) is 7.91. The first-order chi connectivity index (χ1) is 13.6. The summed E-state index contributed by atoms with van der Waals surface area (Å²) in [6, 6.07) is 5.34. The van der Waals surface area contributed by atoms with E-state index in [1.165, 1.54) is 0 Å². The summed E-state index contributed by atoms with van der Waals surface area (Å²) in [5, 5.41) is 13.5. The number of aromatic nitrogens is 3. The highest BCUT2D eigenvalue weighted by atomic mass is 35.5. The van der Waals surface area contributed by atoms with Gasteiger partial charge in [0.1, 0.15) is 0 Å². The molecule has 160 valence electrons. The number of rotatable bonds is 7. The molecule has 7 nitrogen and oxygen atoms in total. The number of nitrogens with one attached hydrogen (secondary N) is 1. The third-order valence-corrected chi connectivity index (χ3v) is 5.54. The Kier molecular flexibility index (Phi) is 9.88. The monoisotopic (exact) mass is 478 g/mol. The van der Waals surface area contributed by atoms with E-state index in [-0.39, 0.29) is 12.4 Å². The normalized spacial score (nSPS) is 14.3. The van der Waals surface area contributed by atoms with Crippen LogP contribution < -0.4 is 10.2 Å². The van der Waals surface area contributed by atoms with Crippen LogP contribution in [0.25, 0.3) is 5.69 Å². The van der Waals surface area contributed by atoms with Gasteiger partial charge in [-0.2, -0.15) is 0 Å². The third kappa shape index (κ3) is 6.67. The van der Waals surface area contributed by atoms with Crippen molar-refractivity contribution in [3.63, 3.8) is 0 Å². The van der Waals surface area contributed by atoms with E-state index in [2.05, 4.69) is 27.5 Å². The maximum absolute atomic E-state index is 6.13. The van der Waals surface area contributed by atoms with E-state index in [0.29, 0.717) is 21.0 Å². The molecule has 2 aromatic rings. The Morgan fingerprint density at radius 2 is 2.03 bits per heavy atom. The maximum Gasteiger partial charge on any atom is 0.177 e. The molecule has 1 fully saturated rings. The summed E-state index contributed by atoms with van der Waals surface area (Å²) in [5.41, 5.74) is 0.786. The van der Waals surface area contributed by atoms with Crippen molar-refractivity contribution in [1.29, 1.82) is 0 Å². The van der Waals surface area contributed by atoms with Gasteiger partial charge >= 0.3 is 0 Å². The fourth-order valence-electron chi connectivity index (χ4n) is 2.85. The van der Waals surface area contributed by atoms with E-state index in [4.69, 9.17) is 40.2 Å². The molecule has 1 aliphatic heterocycles. The van der Waals surface area contributed by atoms with Gasteiger partial charge in [-0.05, 0) is 36.8 Å². The van der Waals surface area contributed by atoms with Crippen LogP contribution in [0.2, 0.25) is 10.0 Å². The second kappa shape index (κ2) is 11.9. The van der Waals surface area contributed by atoms with Crippen LogP contribution in [0, 0.1) is 0 Å². The summed E-state index contributed by atoms with van der Waals surface area (Å²) in [6.07, 6.45) is 2.84. The molecule has 1 aromatic heterocycles. The van der Waals surface area contributed by atoms with Crippen LogP contribution in [0.4, 0.5) is 5.82 Å². The quantitative estimate of drug-likeness (QED) is 0.611. The molecule has 1 aromatic carbocycles. The van der Waals surface area contributed by atoms with Gasteiger partial charge in [-0.3, -0.25) is 9.80 Å². The molecule has 1 N–H and O–H groups in total. The molecule has 0 bridgehead atoms. The van der Waals surface area contributed by atoms with Gasteiger partial charge in [0.25, 0.3) is 0 Å². The van der Waals surface area contributed by atoms with E-state index < -0.39 is 0 Å². The van der Waals surface area contributed by atoms with E-state index in [1.807, 2.05) is 17.2 Å². The predicted molar refractivity (Wildman–Crippen MR) is 124 cm³/mol. The lowest BCUT2D eigenvalue weighted by Crippen LogP contribution is -2.46. The van der Waals surface area contributed by atoms with Crippen molar-refractivity contribution < 1.29 is 4.74 Å². The number of benzene rings is 1. The van der Waals surface area contributed by atoms with Gasteiger partial charge < -0.3 is 10.1 Å².